The predicted octanol–water partition coefficient (Wildman–Crippen LogP) is 1.60. The number of sulfonamides is 1. The molecule has 1 aromatic heterocycles. The number of benzene rings is 1. The topological polar surface area (TPSA) is 76.0 Å². The summed E-state index contributed by atoms with van der Waals surface area (Å²) in [5.74, 6) is 0.918. The van der Waals surface area contributed by atoms with Crippen LogP contribution in [0, 0.1) is 6.92 Å². The lowest BCUT2D eigenvalue weighted by molar-refractivity contribution is 0.419. The molecule has 1 heterocycles. The van der Waals surface area contributed by atoms with E-state index in [1.807, 2.05) is 57.3 Å². The minimum Gasteiger partial charge on any atom is -0.309 e. The van der Waals surface area contributed by atoms with Gasteiger partial charge < -0.3 is 5.32 Å². The Morgan fingerprint density at radius 3 is 2.48 bits per heavy atom. The third kappa shape index (κ3) is 5.16. The van der Waals surface area contributed by atoms with Crippen molar-refractivity contribution in [1.29, 1.82) is 0 Å². The molecule has 2 N–H and O–H groups in total. The van der Waals surface area contributed by atoms with Crippen LogP contribution in [-0.4, -0.2) is 36.3 Å². The van der Waals surface area contributed by atoms with Gasteiger partial charge in [0.25, 0.3) is 0 Å². The molecule has 0 aliphatic heterocycles. The zero-order valence-electron chi connectivity index (χ0n) is 14.0. The number of nitrogens with zero attached hydrogens (tertiary/aromatic N) is 2. The maximum absolute atomic E-state index is 11.4. The Kier molecular flexibility index (Phi) is 5.23. The van der Waals surface area contributed by atoms with Gasteiger partial charge in [0.15, 0.2) is 0 Å². The smallest absolute Gasteiger partial charge is 0.209 e. The van der Waals surface area contributed by atoms with Crippen molar-refractivity contribution < 1.29 is 8.42 Å². The van der Waals surface area contributed by atoms with Crippen molar-refractivity contribution in [2.75, 3.05) is 12.8 Å². The van der Waals surface area contributed by atoms with Crippen molar-refractivity contribution in [2.24, 2.45) is 0 Å². The van der Waals surface area contributed by atoms with Crippen LogP contribution in [0.1, 0.15) is 25.4 Å². The van der Waals surface area contributed by atoms with Gasteiger partial charge in [0.2, 0.25) is 10.0 Å². The Labute approximate surface area is 138 Å². The number of imidazole rings is 1. The molecular formula is C16H24N4O2S. The molecule has 0 amide bonds. The highest BCUT2D eigenvalue weighted by atomic mass is 32.2. The Morgan fingerprint density at radius 1 is 1.22 bits per heavy atom. The van der Waals surface area contributed by atoms with E-state index >= 15 is 0 Å². The van der Waals surface area contributed by atoms with Crippen molar-refractivity contribution in [3.63, 3.8) is 0 Å². The number of aromatic nitrogens is 2. The van der Waals surface area contributed by atoms with E-state index in [0.29, 0.717) is 13.1 Å². The van der Waals surface area contributed by atoms with Gasteiger partial charge in [-0.05, 0) is 32.9 Å². The summed E-state index contributed by atoms with van der Waals surface area (Å²) >= 11 is 0. The Bertz CT molecular complexity index is 752. The average molecular weight is 336 g/mol. The van der Waals surface area contributed by atoms with Crippen LogP contribution in [0.3, 0.4) is 0 Å². The summed E-state index contributed by atoms with van der Waals surface area (Å²) in [6.45, 7) is 6.77. The molecule has 0 aliphatic rings. The summed E-state index contributed by atoms with van der Waals surface area (Å²) in [5, 5.41) is 3.30. The summed E-state index contributed by atoms with van der Waals surface area (Å²) in [4.78, 5) is 4.38. The maximum Gasteiger partial charge on any atom is 0.209 e. The van der Waals surface area contributed by atoms with Gasteiger partial charge in [-0.25, -0.2) is 18.1 Å². The van der Waals surface area contributed by atoms with E-state index in [1.54, 1.807) is 0 Å². The molecule has 0 radical (unpaired) electrons. The van der Waals surface area contributed by atoms with Crippen LogP contribution in [0.25, 0.3) is 5.69 Å². The van der Waals surface area contributed by atoms with Crippen LogP contribution in [0.4, 0.5) is 0 Å². The van der Waals surface area contributed by atoms with Gasteiger partial charge in [0, 0.05) is 24.3 Å². The van der Waals surface area contributed by atoms with Crippen LogP contribution in [-0.2, 0) is 16.6 Å². The van der Waals surface area contributed by atoms with Gasteiger partial charge in [-0.3, -0.25) is 4.57 Å². The predicted molar refractivity (Wildman–Crippen MR) is 92.1 cm³/mol. The molecule has 126 valence electrons. The number of hydrogen-bond acceptors (Lipinski definition) is 4. The Morgan fingerprint density at radius 2 is 1.87 bits per heavy atom. The third-order valence-electron chi connectivity index (χ3n) is 3.36. The molecule has 0 fully saturated rings. The van der Waals surface area contributed by atoms with Gasteiger partial charge in [-0.2, -0.15) is 0 Å². The number of hydrogen-bond donors (Lipinski definition) is 2. The number of para-hydroxylation sites is 1. The fourth-order valence-corrected chi connectivity index (χ4v) is 3.66. The van der Waals surface area contributed by atoms with Crippen molar-refractivity contribution >= 4 is 10.0 Å². The van der Waals surface area contributed by atoms with Gasteiger partial charge >= 0.3 is 0 Å². The molecule has 0 saturated heterocycles. The van der Waals surface area contributed by atoms with Gasteiger partial charge in [0.1, 0.15) is 5.82 Å². The molecule has 0 bridgehead atoms. The summed E-state index contributed by atoms with van der Waals surface area (Å²) in [7, 11) is -3.23. The molecule has 2 aromatic rings. The molecule has 0 saturated carbocycles. The van der Waals surface area contributed by atoms with Crippen molar-refractivity contribution in [1.82, 2.24) is 19.6 Å². The second-order valence-corrected chi connectivity index (χ2v) is 8.08. The summed E-state index contributed by atoms with van der Waals surface area (Å²) in [6, 6.07) is 10.0. The highest BCUT2D eigenvalue weighted by molar-refractivity contribution is 7.88. The minimum absolute atomic E-state index is 0.513. The van der Waals surface area contributed by atoms with E-state index in [4.69, 9.17) is 0 Å². The standard InChI is InChI=1S/C16H24N4O2S/c1-13-18-11-15(20(13)14-8-6-5-7-9-14)10-17-12-16(2,3)19-23(4,21)22/h5-9,11,17,19H,10,12H2,1-4H3. The SMILES string of the molecule is Cc1ncc(CNCC(C)(C)NS(C)(=O)=O)n1-c1ccccc1. The van der Waals surface area contributed by atoms with E-state index in [1.165, 1.54) is 6.26 Å². The van der Waals surface area contributed by atoms with Crippen LogP contribution in [0.15, 0.2) is 36.5 Å². The van der Waals surface area contributed by atoms with E-state index in [0.717, 1.165) is 17.2 Å². The molecule has 0 atom stereocenters. The first-order valence-electron chi connectivity index (χ1n) is 7.46. The molecule has 1 aromatic carbocycles. The average Bonchev–Trinajstić information content (AvgIpc) is 2.78. The zero-order valence-corrected chi connectivity index (χ0v) is 14.8. The molecule has 2 rings (SSSR count). The highest BCUT2D eigenvalue weighted by Gasteiger charge is 2.21. The molecule has 23 heavy (non-hydrogen) atoms. The second-order valence-electron chi connectivity index (χ2n) is 6.33. The first-order valence-corrected chi connectivity index (χ1v) is 9.35. The normalized spacial score (nSPS) is 12.5. The summed E-state index contributed by atoms with van der Waals surface area (Å²) in [6.07, 6.45) is 3.01. The third-order valence-corrected chi connectivity index (χ3v) is 4.28. The fraction of sp³-hybridized carbons (Fsp3) is 0.438. The van der Waals surface area contributed by atoms with E-state index in [2.05, 4.69) is 19.6 Å². The number of aryl methyl sites for hydroxylation is 1. The molecule has 6 nitrogen and oxygen atoms in total. The van der Waals surface area contributed by atoms with Crippen LogP contribution in [0.2, 0.25) is 0 Å². The van der Waals surface area contributed by atoms with Crippen LogP contribution >= 0.6 is 0 Å². The molecular weight excluding hydrogens is 312 g/mol. The van der Waals surface area contributed by atoms with Crippen molar-refractivity contribution in [3.8, 4) is 5.69 Å². The lowest BCUT2D eigenvalue weighted by Gasteiger charge is -2.25. The summed E-state index contributed by atoms with van der Waals surface area (Å²) < 4.78 is 27.4. The van der Waals surface area contributed by atoms with Gasteiger partial charge in [-0.15, -0.1) is 0 Å². The fourth-order valence-electron chi connectivity index (χ4n) is 2.59. The summed E-state index contributed by atoms with van der Waals surface area (Å²) in [5.41, 5.74) is 1.54. The molecule has 7 heteroatoms. The quantitative estimate of drug-likeness (QED) is 0.805. The second kappa shape index (κ2) is 6.82. The zero-order chi connectivity index (χ0) is 17.1. The Balaban J connectivity index is 2.05. The first kappa shape index (κ1) is 17.7. The van der Waals surface area contributed by atoms with E-state index in [-0.39, 0.29) is 0 Å². The van der Waals surface area contributed by atoms with Gasteiger partial charge in [-0.1, -0.05) is 18.2 Å². The highest BCUT2D eigenvalue weighted by Crippen LogP contribution is 2.14. The van der Waals surface area contributed by atoms with Crippen LogP contribution < -0.4 is 10.0 Å². The largest absolute Gasteiger partial charge is 0.309 e. The van der Waals surface area contributed by atoms with Crippen LogP contribution in [0.5, 0.6) is 0 Å². The minimum atomic E-state index is -3.23. The molecule has 0 spiro atoms. The van der Waals surface area contributed by atoms with E-state index in [9.17, 15) is 8.42 Å². The number of nitrogens with one attached hydrogen (secondary N) is 2. The molecule has 0 unspecified atom stereocenters. The Hall–Kier alpha value is -1.70. The number of rotatable bonds is 7. The van der Waals surface area contributed by atoms with Crippen molar-refractivity contribution in [2.45, 2.75) is 32.9 Å². The first-order chi connectivity index (χ1) is 10.7. The lowest BCUT2D eigenvalue weighted by atomic mass is 10.1. The van der Waals surface area contributed by atoms with Gasteiger partial charge in [0.05, 0.1) is 18.1 Å². The lowest BCUT2D eigenvalue weighted by Crippen LogP contribution is -2.49. The van der Waals surface area contributed by atoms with Crippen molar-refractivity contribution in [3.05, 3.63) is 48.0 Å². The maximum atomic E-state index is 11.4. The van der Waals surface area contributed by atoms with E-state index < -0.39 is 15.6 Å². The molecule has 0 aliphatic carbocycles. The monoisotopic (exact) mass is 336 g/mol.